The number of para-hydroxylation sites is 1. The van der Waals surface area contributed by atoms with Crippen molar-refractivity contribution in [3.63, 3.8) is 0 Å². The van der Waals surface area contributed by atoms with Gasteiger partial charge in [-0.3, -0.25) is 4.79 Å². The Bertz CT molecular complexity index is 895. The van der Waals surface area contributed by atoms with Crippen molar-refractivity contribution in [3.8, 4) is 5.75 Å². The van der Waals surface area contributed by atoms with Crippen molar-refractivity contribution in [2.45, 2.75) is 44.8 Å². The number of nitrogens with one attached hydrogen (secondary N) is 1. The molecule has 0 saturated heterocycles. The van der Waals surface area contributed by atoms with Crippen LogP contribution in [0.3, 0.4) is 0 Å². The monoisotopic (exact) mass is 325 g/mol. The molecule has 4 rings (SSSR count). The zero-order chi connectivity index (χ0) is 16.4. The topological polar surface area (TPSA) is 85.7 Å². The molecule has 1 aliphatic carbocycles. The van der Waals surface area contributed by atoms with E-state index in [1.807, 2.05) is 22.9 Å². The second-order valence-electron chi connectivity index (χ2n) is 6.16. The van der Waals surface area contributed by atoms with Gasteiger partial charge >= 0.3 is 0 Å². The van der Waals surface area contributed by atoms with Crippen LogP contribution in [0.25, 0.3) is 10.9 Å². The van der Waals surface area contributed by atoms with Crippen molar-refractivity contribution < 1.29 is 4.74 Å². The molecule has 24 heavy (non-hydrogen) atoms. The minimum Gasteiger partial charge on any atom is -0.483 e. The lowest BCUT2D eigenvalue weighted by Crippen LogP contribution is -2.18. The maximum absolute atomic E-state index is 11.6. The largest absolute Gasteiger partial charge is 0.483 e. The zero-order valence-corrected chi connectivity index (χ0v) is 13.3. The third-order valence-corrected chi connectivity index (χ3v) is 4.56. The van der Waals surface area contributed by atoms with E-state index in [0.29, 0.717) is 17.3 Å². The van der Waals surface area contributed by atoms with E-state index < -0.39 is 0 Å². The van der Waals surface area contributed by atoms with Gasteiger partial charge in [-0.2, -0.15) is 0 Å². The molecule has 0 unspecified atom stereocenters. The van der Waals surface area contributed by atoms with Crippen LogP contribution in [0, 0.1) is 0 Å². The molecule has 1 fully saturated rings. The van der Waals surface area contributed by atoms with Crippen LogP contribution < -0.4 is 10.3 Å². The highest BCUT2D eigenvalue weighted by molar-refractivity contribution is 5.84. The molecule has 1 aromatic carbocycles. The summed E-state index contributed by atoms with van der Waals surface area (Å²) in [7, 11) is 0. The Hall–Kier alpha value is -2.70. The van der Waals surface area contributed by atoms with Gasteiger partial charge in [0.25, 0.3) is 0 Å². The third kappa shape index (κ3) is 2.89. The molecule has 3 aromatic rings. The number of nitrogens with zero attached hydrogens (tertiary/aromatic N) is 4. The van der Waals surface area contributed by atoms with Crippen LogP contribution in [0.15, 0.2) is 35.1 Å². The summed E-state index contributed by atoms with van der Waals surface area (Å²) in [5.74, 6) is 1.35. The highest BCUT2D eigenvalue weighted by Crippen LogP contribution is 2.28. The summed E-state index contributed by atoms with van der Waals surface area (Å²) in [5, 5.41) is 13.0. The number of tetrazole rings is 1. The van der Waals surface area contributed by atoms with E-state index in [0.717, 1.165) is 24.1 Å². The number of hydrogen-bond acceptors (Lipinski definition) is 5. The first-order valence-electron chi connectivity index (χ1n) is 8.33. The number of aromatic amines is 1. The summed E-state index contributed by atoms with van der Waals surface area (Å²) in [5.41, 5.74) is 0.548. The Labute approximate surface area is 138 Å². The fourth-order valence-corrected chi connectivity index (χ4v) is 3.33. The van der Waals surface area contributed by atoms with Crippen LogP contribution in [-0.4, -0.2) is 25.2 Å². The first-order valence-corrected chi connectivity index (χ1v) is 8.33. The standard InChI is InChI=1S/C17H19N5O2/c23-16-10-9-12-5-4-8-14(17(12)18-16)24-11-15-19-20-21-22(15)13-6-2-1-3-7-13/h4-5,8-10,13H,1-3,6-7,11H2,(H,18,23). The first kappa shape index (κ1) is 14.9. The molecule has 7 nitrogen and oxygen atoms in total. The number of aromatic nitrogens is 5. The van der Waals surface area contributed by atoms with Gasteiger partial charge in [0.1, 0.15) is 12.4 Å². The predicted octanol–water partition coefficient (Wildman–Crippen LogP) is 2.60. The van der Waals surface area contributed by atoms with Crippen molar-refractivity contribution in [2.75, 3.05) is 0 Å². The Kier molecular flexibility index (Phi) is 3.98. The van der Waals surface area contributed by atoms with Gasteiger partial charge in [0.2, 0.25) is 5.56 Å². The van der Waals surface area contributed by atoms with Gasteiger partial charge in [0.05, 0.1) is 11.6 Å². The Morgan fingerprint density at radius 3 is 2.92 bits per heavy atom. The molecule has 2 aromatic heterocycles. The van der Waals surface area contributed by atoms with Crippen molar-refractivity contribution in [2.24, 2.45) is 0 Å². The fraction of sp³-hybridized carbons (Fsp3) is 0.412. The molecular formula is C17H19N5O2. The van der Waals surface area contributed by atoms with Gasteiger partial charge in [0, 0.05) is 11.5 Å². The van der Waals surface area contributed by atoms with E-state index in [4.69, 9.17) is 4.74 Å². The van der Waals surface area contributed by atoms with Crippen molar-refractivity contribution in [1.82, 2.24) is 25.2 Å². The molecule has 1 N–H and O–H groups in total. The average molecular weight is 325 g/mol. The third-order valence-electron chi connectivity index (χ3n) is 4.56. The van der Waals surface area contributed by atoms with Crippen molar-refractivity contribution in [1.29, 1.82) is 0 Å². The summed E-state index contributed by atoms with van der Waals surface area (Å²) in [6.07, 6.45) is 5.94. The van der Waals surface area contributed by atoms with E-state index in [1.165, 1.54) is 25.3 Å². The fourth-order valence-electron chi connectivity index (χ4n) is 3.33. The van der Waals surface area contributed by atoms with Crippen LogP contribution in [0.1, 0.15) is 44.0 Å². The van der Waals surface area contributed by atoms with E-state index in [9.17, 15) is 4.79 Å². The van der Waals surface area contributed by atoms with Crippen LogP contribution in [0.2, 0.25) is 0 Å². The number of fused-ring (bicyclic) bond motifs is 1. The van der Waals surface area contributed by atoms with Crippen LogP contribution in [0.4, 0.5) is 0 Å². The summed E-state index contributed by atoms with van der Waals surface area (Å²) in [6.45, 7) is 0.277. The Morgan fingerprint density at radius 2 is 2.04 bits per heavy atom. The molecular weight excluding hydrogens is 306 g/mol. The number of ether oxygens (including phenoxy) is 1. The van der Waals surface area contributed by atoms with E-state index in [-0.39, 0.29) is 12.2 Å². The summed E-state index contributed by atoms with van der Waals surface area (Å²) < 4.78 is 7.81. The molecule has 0 spiro atoms. The van der Waals surface area contributed by atoms with Gasteiger partial charge in [-0.05, 0) is 35.4 Å². The van der Waals surface area contributed by atoms with Crippen LogP contribution >= 0.6 is 0 Å². The highest BCUT2D eigenvalue weighted by atomic mass is 16.5. The van der Waals surface area contributed by atoms with E-state index in [1.54, 1.807) is 6.07 Å². The molecule has 0 bridgehead atoms. The summed E-state index contributed by atoms with van der Waals surface area (Å²) >= 11 is 0. The minimum absolute atomic E-state index is 0.148. The predicted molar refractivity (Wildman–Crippen MR) is 88.8 cm³/mol. The molecule has 124 valence electrons. The van der Waals surface area contributed by atoms with E-state index in [2.05, 4.69) is 20.5 Å². The summed E-state index contributed by atoms with van der Waals surface area (Å²) in [6, 6.07) is 9.33. The van der Waals surface area contributed by atoms with Crippen LogP contribution in [0.5, 0.6) is 5.75 Å². The molecule has 0 aliphatic heterocycles. The molecule has 0 amide bonds. The molecule has 1 saturated carbocycles. The van der Waals surface area contributed by atoms with Crippen molar-refractivity contribution >= 4 is 10.9 Å². The lowest BCUT2D eigenvalue weighted by atomic mass is 9.96. The number of benzene rings is 1. The first-order chi connectivity index (χ1) is 11.8. The van der Waals surface area contributed by atoms with E-state index >= 15 is 0 Å². The second-order valence-corrected chi connectivity index (χ2v) is 6.16. The molecule has 2 heterocycles. The quantitative estimate of drug-likeness (QED) is 0.797. The lowest BCUT2D eigenvalue weighted by Gasteiger charge is -2.22. The molecule has 1 aliphatic rings. The van der Waals surface area contributed by atoms with Crippen LogP contribution in [-0.2, 0) is 6.61 Å². The minimum atomic E-state index is -0.148. The maximum Gasteiger partial charge on any atom is 0.248 e. The number of rotatable bonds is 4. The second kappa shape index (κ2) is 6.43. The van der Waals surface area contributed by atoms with Crippen molar-refractivity contribution in [3.05, 3.63) is 46.5 Å². The normalized spacial score (nSPS) is 15.7. The number of pyridine rings is 1. The van der Waals surface area contributed by atoms with Gasteiger partial charge < -0.3 is 9.72 Å². The number of hydrogen-bond donors (Lipinski definition) is 1. The molecule has 0 atom stereocenters. The number of H-pyrrole nitrogens is 1. The van der Waals surface area contributed by atoms with Gasteiger partial charge in [-0.15, -0.1) is 5.10 Å². The highest BCUT2D eigenvalue weighted by Gasteiger charge is 2.20. The SMILES string of the molecule is O=c1ccc2cccc(OCc3nnnn3C3CCCCC3)c2[nH]1. The molecule has 0 radical (unpaired) electrons. The molecule has 7 heteroatoms. The van der Waals surface area contributed by atoms with Gasteiger partial charge in [-0.1, -0.05) is 31.4 Å². The maximum atomic E-state index is 11.6. The average Bonchev–Trinajstić information content (AvgIpc) is 3.09. The summed E-state index contributed by atoms with van der Waals surface area (Å²) in [4.78, 5) is 14.4. The zero-order valence-electron chi connectivity index (χ0n) is 13.3. The Balaban J connectivity index is 1.57. The Morgan fingerprint density at radius 1 is 1.17 bits per heavy atom. The van der Waals surface area contributed by atoms with Gasteiger partial charge in [0.15, 0.2) is 5.82 Å². The lowest BCUT2D eigenvalue weighted by molar-refractivity contribution is 0.262. The van der Waals surface area contributed by atoms with Gasteiger partial charge in [-0.25, -0.2) is 4.68 Å². The smallest absolute Gasteiger partial charge is 0.248 e.